The lowest BCUT2D eigenvalue weighted by atomic mass is 10.1. The molecule has 3 nitrogen and oxygen atoms in total. The monoisotopic (exact) mass is 230 g/mol. The second-order valence-electron chi connectivity index (χ2n) is 4.22. The standard InChI is InChI=1S/C14H18N2O/c1-11-5-3-6-12(9-11)16(2)13(10-15)14-7-4-8-17-14/h3-9,13H,10,15H2,1-2H3. The van der Waals surface area contributed by atoms with Crippen molar-refractivity contribution in [3.8, 4) is 0 Å². The van der Waals surface area contributed by atoms with Gasteiger partial charge in [-0.05, 0) is 36.8 Å². The van der Waals surface area contributed by atoms with Gasteiger partial charge in [0.05, 0.1) is 12.3 Å². The van der Waals surface area contributed by atoms with Crippen molar-refractivity contribution < 1.29 is 4.42 Å². The molecular weight excluding hydrogens is 212 g/mol. The number of likely N-dealkylation sites (N-methyl/N-ethyl adjacent to an activating group) is 1. The summed E-state index contributed by atoms with van der Waals surface area (Å²) in [6.45, 7) is 2.61. The molecule has 2 rings (SSSR count). The van der Waals surface area contributed by atoms with Crippen LogP contribution in [0.1, 0.15) is 17.4 Å². The van der Waals surface area contributed by atoms with E-state index in [2.05, 4.69) is 36.1 Å². The van der Waals surface area contributed by atoms with Crippen molar-refractivity contribution in [3.05, 3.63) is 54.0 Å². The molecule has 1 heterocycles. The van der Waals surface area contributed by atoms with Crippen LogP contribution in [0.15, 0.2) is 47.1 Å². The van der Waals surface area contributed by atoms with Crippen LogP contribution >= 0.6 is 0 Å². The van der Waals surface area contributed by atoms with E-state index in [1.807, 2.05) is 19.2 Å². The molecule has 0 spiro atoms. The van der Waals surface area contributed by atoms with Gasteiger partial charge < -0.3 is 15.1 Å². The fraction of sp³-hybridized carbons (Fsp3) is 0.286. The van der Waals surface area contributed by atoms with E-state index in [4.69, 9.17) is 10.2 Å². The summed E-state index contributed by atoms with van der Waals surface area (Å²) in [5.74, 6) is 0.900. The molecule has 0 fully saturated rings. The average molecular weight is 230 g/mol. The van der Waals surface area contributed by atoms with E-state index in [0.29, 0.717) is 6.54 Å². The number of aryl methyl sites for hydroxylation is 1. The number of anilines is 1. The summed E-state index contributed by atoms with van der Waals surface area (Å²) in [4.78, 5) is 2.14. The summed E-state index contributed by atoms with van der Waals surface area (Å²) in [6.07, 6.45) is 1.68. The zero-order valence-corrected chi connectivity index (χ0v) is 10.3. The van der Waals surface area contributed by atoms with Crippen molar-refractivity contribution in [1.82, 2.24) is 0 Å². The van der Waals surface area contributed by atoms with Crippen molar-refractivity contribution in [2.45, 2.75) is 13.0 Å². The van der Waals surface area contributed by atoms with Gasteiger partial charge in [0, 0.05) is 19.3 Å². The fourth-order valence-electron chi connectivity index (χ4n) is 1.97. The summed E-state index contributed by atoms with van der Waals surface area (Å²) in [6, 6.07) is 12.3. The van der Waals surface area contributed by atoms with Crippen LogP contribution in [0.25, 0.3) is 0 Å². The Balaban J connectivity index is 2.26. The zero-order chi connectivity index (χ0) is 12.3. The minimum Gasteiger partial charge on any atom is -0.467 e. The Hall–Kier alpha value is -1.74. The maximum Gasteiger partial charge on any atom is 0.127 e. The Bertz CT molecular complexity index is 465. The first kappa shape index (κ1) is 11.7. The van der Waals surface area contributed by atoms with E-state index in [9.17, 15) is 0 Å². The van der Waals surface area contributed by atoms with E-state index in [0.717, 1.165) is 11.4 Å². The third-order valence-electron chi connectivity index (χ3n) is 2.97. The zero-order valence-electron chi connectivity index (χ0n) is 10.3. The summed E-state index contributed by atoms with van der Waals surface area (Å²) in [5, 5.41) is 0. The highest BCUT2D eigenvalue weighted by Crippen LogP contribution is 2.25. The second kappa shape index (κ2) is 5.06. The molecule has 90 valence electrons. The van der Waals surface area contributed by atoms with Crippen molar-refractivity contribution in [3.63, 3.8) is 0 Å². The lowest BCUT2D eigenvalue weighted by molar-refractivity contribution is 0.460. The second-order valence-corrected chi connectivity index (χ2v) is 4.22. The molecule has 0 aliphatic heterocycles. The molecule has 0 aliphatic carbocycles. The van der Waals surface area contributed by atoms with E-state index < -0.39 is 0 Å². The van der Waals surface area contributed by atoms with E-state index in [-0.39, 0.29) is 6.04 Å². The minimum absolute atomic E-state index is 0.0757. The Morgan fingerprint density at radius 3 is 2.71 bits per heavy atom. The van der Waals surface area contributed by atoms with Crippen molar-refractivity contribution in [2.24, 2.45) is 5.73 Å². The highest BCUT2D eigenvalue weighted by molar-refractivity contribution is 5.49. The van der Waals surface area contributed by atoms with Gasteiger partial charge in [0.25, 0.3) is 0 Å². The number of nitrogens with two attached hydrogens (primary N) is 1. The maximum atomic E-state index is 5.84. The smallest absolute Gasteiger partial charge is 0.127 e. The van der Waals surface area contributed by atoms with Crippen LogP contribution in [0.3, 0.4) is 0 Å². The van der Waals surface area contributed by atoms with Gasteiger partial charge >= 0.3 is 0 Å². The largest absolute Gasteiger partial charge is 0.467 e. The quantitative estimate of drug-likeness (QED) is 0.878. The van der Waals surface area contributed by atoms with Gasteiger partial charge in [-0.3, -0.25) is 0 Å². The van der Waals surface area contributed by atoms with Crippen LogP contribution in [0.4, 0.5) is 5.69 Å². The van der Waals surface area contributed by atoms with Crippen LogP contribution in [-0.4, -0.2) is 13.6 Å². The van der Waals surface area contributed by atoms with Crippen molar-refractivity contribution in [1.29, 1.82) is 0 Å². The van der Waals surface area contributed by atoms with E-state index >= 15 is 0 Å². The first-order chi connectivity index (χ1) is 8.22. The molecule has 0 radical (unpaired) electrons. The normalized spacial score (nSPS) is 12.4. The molecule has 17 heavy (non-hydrogen) atoms. The van der Waals surface area contributed by atoms with Gasteiger partial charge in [-0.2, -0.15) is 0 Å². The molecule has 0 saturated heterocycles. The predicted octanol–water partition coefficient (Wildman–Crippen LogP) is 2.72. The number of nitrogens with zero attached hydrogens (tertiary/aromatic N) is 1. The van der Waals surface area contributed by atoms with Crippen molar-refractivity contribution >= 4 is 5.69 Å². The number of benzene rings is 1. The third kappa shape index (κ3) is 2.50. The van der Waals surface area contributed by atoms with Crippen LogP contribution < -0.4 is 10.6 Å². The molecule has 3 heteroatoms. The Kier molecular flexibility index (Phi) is 3.49. The van der Waals surface area contributed by atoms with E-state index in [1.165, 1.54) is 5.56 Å². The lowest BCUT2D eigenvalue weighted by Crippen LogP contribution is -2.30. The summed E-state index contributed by atoms with van der Waals surface area (Å²) in [5.41, 5.74) is 8.23. The number of hydrogen-bond acceptors (Lipinski definition) is 3. The SMILES string of the molecule is Cc1cccc(N(C)C(CN)c2ccco2)c1. The van der Waals surface area contributed by atoms with Gasteiger partial charge in [0.1, 0.15) is 5.76 Å². The van der Waals surface area contributed by atoms with E-state index in [1.54, 1.807) is 6.26 Å². The summed E-state index contributed by atoms with van der Waals surface area (Å²) < 4.78 is 5.44. The van der Waals surface area contributed by atoms with Crippen LogP contribution in [0.5, 0.6) is 0 Å². The molecule has 1 atom stereocenters. The molecule has 1 aromatic carbocycles. The average Bonchev–Trinajstić information content (AvgIpc) is 2.83. The van der Waals surface area contributed by atoms with Crippen LogP contribution in [0, 0.1) is 6.92 Å². The molecular formula is C14H18N2O. The highest BCUT2D eigenvalue weighted by Gasteiger charge is 2.18. The molecule has 0 amide bonds. The molecule has 0 bridgehead atoms. The number of furan rings is 1. The fourth-order valence-corrected chi connectivity index (χ4v) is 1.97. The Morgan fingerprint density at radius 1 is 1.29 bits per heavy atom. The Labute approximate surface area is 102 Å². The molecule has 0 aliphatic rings. The predicted molar refractivity (Wildman–Crippen MR) is 70.1 cm³/mol. The van der Waals surface area contributed by atoms with Crippen LogP contribution in [-0.2, 0) is 0 Å². The molecule has 1 unspecified atom stereocenters. The number of rotatable bonds is 4. The Morgan fingerprint density at radius 2 is 2.12 bits per heavy atom. The van der Waals surface area contributed by atoms with Gasteiger partial charge in [-0.15, -0.1) is 0 Å². The van der Waals surface area contributed by atoms with Gasteiger partial charge in [-0.25, -0.2) is 0 Å². The first-order valence-corrected chi connectivity index (χ1v) is 5.75. The van der Waals surface area contributed by atoms with Crippen LogP contribution in [0.2, 0.25) is 0 Å². The lowest BCUT2D eigenvalue weighted by Gasteiger charge is -2.27. The minimum atomic E-state index is 0.0757. The van der Waals surface area contributed by atoms with Gasteiger partial charge in [0.2, 0.25) is 0 Å². The summed E-state index contributed by atoms with van der Waals surface area (Å²) in [7, 11) is 2.04. The molecule has 2 N–H and O–H groups in total. The molecule has 1 aromatic heterocycles. The summed E-state index contributed by atoms with van der Waals surface area (Å²) >= 11 is 0. The number of hydrogen-bond donors (Lipinski definition) is 1. The molecule has 2 aromatic rings. The third-order valence-corrected chi connectivity index (χ3v) is 2.97. The first-order valence-electron chi connectivity index (χ1n) is 5.75. The van der Waals surface area contributed by atoms with Gasteiger partial charge in [-0.1, -0.05) is 12.1 Å². The van der Waals surface area contributed by atoms with Gasteiger partial charge in [0.15, 0.2) is 0 Å². The topological polar surface area (TPSA) is 42.4 Å². The van der Waals surface area contributed by atoms with Crippen molar-refractivity contribution in [2.75, 3.05) is 18.5 Å². The molecule has 0 saturated carbocycles. The maximum absolute atomic E-state index is 5.84. The highest BCUT2D eigenvalue weighted by atomic mass is 16.3.